The lowest BCUT2D eigenvalue weighted by molar-refractivity contribution is -0.144. The molecule has 0 aliphatic heterocycles. The van der Waals surface area contributed by atoms with Gasteiger partial charge < -0.3 is 10.2 Å². The molecule has 4 heteroatoms. The van der Waals surface area contributed by atoms with Crippen molar-refractivity contribution in [3.63, 3.8) is 0 Å². The zero-order chi connectivity index (χ0) is 13.3. The lowest BCUT2D eigenvalue weighted by Crippen LogP contribution is -2.23. The highest BCUT2D eigenvalue weighted by molar-refractivity contribution is 5.71. The highest BCUT2D eigenvalue weighted by atomic mass is 16.4. The third-order valence-electron chi connectivity index (χ3n) is 2.71. The van der Waals surface area contributed by atoms with Crippen LogP contribution in [0.2, 0.25) is 0 Å². The van der Waals surface area contributed by atoms with E-state index in [4.69, 9.17) is 10.2 Å². The monoisotopic (exact) mass is 240 g/mol. The molecule has 0 aromatic carbocycles. The van der Waals surface area contributed by atoms with Gasteiger partial charge in [-0.2, -0.15) is 0 Å². The van der Waals surface area contributed by atoms with Crippen LogP contribution in [0, 0.1) is 11.8 Å². The van der Waals surface area contributed by atoms with Crippen LogP contribution in [-0.4, -0.2) is 22.2 Å². The van der Waals surface area contributed by atoms with Gasteiger partial charge >= 0.3 is 11.9 Å². The van der Waals surface area contributed by atoms with Crippen molar-refractivity contribution < 1.29 is 19.8 Å². The van der Waals surface area contributed by atoms with Gasteiger partial charge in [-0.3, -0.25) is 9.59 Å². The van der Waals surface area contributed by atoms with E-state index in [2.05, 4.69) is 6.58 Å². The smallest absolute Gasteiger partial charge is 0.307 e. The fraction of sp³-hybridized carbons (Fsp3) is 0.538. The Kier molecular flexibility index (Phi) is 7.76. The minimum Gasteiger partial charge on any atom is -0.481 e. The number of hydrogen-bond acceptors (Lipinski definition) is 2. The molecule has 0 aliphatic rings. The Morgan fingerprint density at radius 3 is 2.35 bits per heavy atom. The summed E-state index contributed by atoms with van der Waals surface area (Å²) < 4.78 is 0. The molecular formula is C13H20O4. The van der Waals surface area contributed by atoms with Crippen LogP contribution >= 0.6 is 0 Å². The van der Waals surface area contributed by atoms with Gasteiger partial charge in [-0.05, 0) is 32.1 Å². The van der Waals surface area contributed by atoms with Crippen molar-refractivity contribution in [2.45, 2.75) is 32.6 Å². The maximum atomic E-state index is 11.1. The van der Waals surface area contributed by atoms with Gasteiger partial charge in [0, 0.05) is 6.42 Å². The van der Waals surface area contributed by atoms with Gasteiger partial charge in [-0.25, -0.2) is 0 Å². The fourth-order valence-electron chi connectivity index (χ4n) is 1.74. The molecule has 96 valence electrons. The molecule has 4 nitrogen and oxygen atoms in total. The molecule has 0 heterocycles. The van der Waals surface area contributed by atoms with Crippen LogP contribution < -0.4 is 0 Å². The maximum Gasteiger partial charge on any atom is 0.307 e. The number of aliphatic carboxylic acids is 2. The number of carboxylic acid groups (broad SMARTS) is 2. The average molecular weight is 240 g/mol. The lowest BCUT2D eigenvalue weighted by atomic mass is 9.85. The summed E-state index contributed by atoms with van der Waals surface area (Å²) in [7, 11) is 0. The zero-order valence-corrected chi connectivity index (χ0v) is 10.1. The Morgan fingerprint density at radius 1 is 1.29 bits per heavy atom. The Labute approximate surface area is 102 Å². The van der Waals surface area contributed by atoms with E-state index in [9.17, 15) is 9.59 Å². The van der Waals surface area contributed by atoms with Crippen molar-refractivity contribution in [3.05, 3.63) is 24.8 Å². The normalized spacial score (nSPS) is 14.4. The topological polar surface area (TPSA) is 74.6 Å². The largest absolute Gasteiger partial charge is 0.481 e. The van der Waals surface area contributed by atoms with Gasteiger partial charge in [-0.15, -0.1) is 6.58 Å². The van der Waals surface area contributed by atoms with E-state index in [-0.39, 0.29) is 12.3 Å². The summed E-state index contributed by atoms with van der Waals surface area (Å²) in [5.74, 6) is -2.63. The van der Waals surface area contributed by atoms with Gasteiger partial charge in [0.25, 0.3) is 0 Å². The third-order valence-corrected chi connectivity index (χ3v) is 2.71. The molecule has 0 rings (SSSR count). The summed E-state index contributed by atoms with van der Waals surface area (Å²) in [6.45, 7) is 5.48. The van der Waals surface area contributed by atoms with Crippen LogP contribution in [0.15, 0.2) is 24.8 Å². The summed E-state index contributed by atoms with van der Waals surface area (Å²) in [4.78, 5) is 21.6. The van der Waals surface area contributed by atoms with Gasteiger partial charge in [-0.1, -0.05) is 18.2 Å². The second-order valence-electron chi connectivity index (χ2n) is 3.92. The quantitative estimate of drug-likeness (QED) is 0.608. The molecule has 2 N–H and O–H groups in total. The van der Waals surface area contributed by atoms with Gasteiger partial charge in [0.1, 0.15) is 0 Å². The molecule has 2 atom stereocenters. The molecular weight excluding hydrogens is 220 g/mol. The molecule has 0 fully saturated rings. The second-order valence-corrected chi connectivity index (χ2v) is 3.92. The first kappa shape index (κ1) is 15.4. The fourth-order valence-corrected chi connectivity index (χ4v) is 1.74. The van der Waals surface area contributed by atoms with E-state index in [1.54, 1.807) is 6.08 Å². The molecule has 17 heavy (non-hydrogen) atoms. The Bertz CT molecular complexity index is 294. The molecule has 0 aromatic heterocycles. The van der Waals surface area contributed by atoms with Crippen LogP contribution in [0.5, 0.6) is 0 Å². The predicted molar refractivity (Wildman–Crippen MR) is 65.7 cm³/mol. The van der Waals surface area contributed by atoms with Crippen LogP contribution in [0.3, 0.4) is 0 Å². The summed E-state index contributed by atoms with van der Waals surface area (Å²) in [5.41, 5.74) is 0. The molecule has 2 unspecified atom stereocenters. The summed E-state index contributed by atoms with van der Waals surface area (Å²) in [6.07, 6.45) is 6.83. The van der Waals surface area contributed by atoms with Crippen LogP contribution in [0.4, 0.5) is 0 Å². The number of rotatable bonds is 9. The predicted octanol–water partition coefficient (Wildman–Crippen LogP) is 2.71. The number of hydrogen-bond donors (Lipinski definition) is 2. The van der Waals surface area contributed by atoms with E-state index in [0.717, 1.165) is 0 Å². The molecule has 0 aliphatic carbocycles. The van der Waals surface area contributed by atoms with E-state index in [0.29, 0.717) is 19.3 Å². The van der Waals surface area contributed by atoms with E-state index < -0.39 is 17.9 Å². The molecule has 0 saturated heterocycles. The second kappa shape index (κ2) is 8.56. The maximum absolute atomic E-state index is 11.1. The lowest BCUT2D eigenvalue weighted by Gasteiger charge is -2.19. The van der Waals surface area contributed by atoms with Crippen molar-refractivity contribution in [3.8, 4) is 0 Å². The Hall–Kier alpha value is -1.58. The first-order valence-electron chi connectivity index (χ1n) is 5.71. The molecule has 0 spiro atoms. The summed E-state index contributed by atoms with van der Waals surface area (Å²) in [6, 6.07) is 0. The standard InChI is InChI=1S/C13H20O4/c1-3-5-6-7-11(13(16)17)10(4-2)8-9-12(14)15/h3-5,10-11H,2,6-9H2,1H3,(H,14,15)(H,16,17). The molecule has 0 aromatic rings. The minimum absolute atomic E-state index is 0.0237. The highest BCUT2D eigenvalue weighted by Crippen LogP contribution is 2.24. The average Bonchev–Trinajstić information content (AvgIpc) is 2.26. The number of carbonyl (C=O) groups is 2. The van der Waals surface area contributed by atoms with Crippen LogP contribution in [0.1, 0.15) is 32.6 Å². The van der Waals surface area contributed by atoms with Crippen molar-refractivity contribution in [1.29, 1.82) is 0 Å². The Morgan fingerprint density at radius 2 is 1.94 bits per heavy atom. The third kappa shape index (κ3) is 6.56. The van der Waals surface area contributed by atoms with Crippen LogP contribution in [-0.2, 0) is 9.59 Å². The minimum atomic E-state index is -0.908. The van der Waals surface area contributed by atoms with Crippen molar-refractivity contribution in [1.82, 2.24) is 0 Å². The zero-order valence-electron chi connectivity index (χ0n) is 10.1. The molecule has 0 amide bonds. The van der Waals surface area contributed by atoms with Gasteiger partial charge in [0.05, 0.1) is 5.92 Å². The number of carboxylic acids is 2. The SMILES string of the molecule is C=CC(CCC(=O)O)C(CCC=CC)C(=O)O. The highest BCUT2D eigenvalue weighted by Gasteiger charge is 2.25. The first-order valence-corrected chi connectivity index (χ1v) is 5.71. The van der Waals surface area contributed by atoms with E-state index in [1.807, 2.05) is 19.1 Å². The van der Waals surface area contributed by atoms with Gasteiger partial charge in [0.2, 0.25) is 0 Å². The number of allylic oxidation sites excluding steroid dienone is 3. The van der Waals surface area contributed by atoms with Crippen molar-refractivity contribution in [2.75, 3.05) is 0 Å². The molecule has 0 saturated carbocycles. The summed E-state index contributed by atoms with van der Waals surface area (Å²) in [5, 5.41) is 17.7. The van der Waals surface area contributed by atoms with E-state index >= 15 is 0 Å². The van der Waals surface area contributed by atoms with Crippen LogP contribution in [0.25, 0.3) is 0 Å². The van der Waals surface area contributed by atoms with Gasteiger partial charge in [0.15, 0.2) is 0 Å². The van der Waals surface area contributed by atoms with Crippen molar-refractivity contribution in [2.24, 2.45) is 11.8 Å². The van der Waals surface area contributed by atoms with Crippen molar-refractivity contribution >= 4 is 11.9 Å². The molecule has 0 radical (unpaired) electrons. The summed E-state index contributed by atoms with van der Waals surface area (Å²) >= 11 is 0. The Balaban J connectivity index is 4.45. The molecule has 0 bridgehead atoms. The van der Waals surface area contributed by atoms with E-state index in [1.165, 1.54) is 0 Å². The first-order chi connectivity index (χ1) is 8.02.